The number of aromatic nitrogens is 4. The third-order valence-corrected chi connectivity index (χ3v) is 11.7. The number of rotatable bonds is 3. The number of hydrogen-bond donors (Lipinski definition) is 0. The number of furan rings is 1. The molecule has 0 unspecified atom stereocenters. The van der Waals surface area contributed by atoms with Crippen LogP contribution in [-0.4, -0.2) is 18.9 Å². The van der Waals surface area contributed by atoms with Crippen LogP contribution in [0.2, 0.25) is 0 Å². The van der Waals surface area contributed by atoms with Gasteiger partial charge in [-0.2, -0.15) is 4.98 Å². The van der Waals surface area contributed by atoms with Crippen molar-refractivity contribution in [1.82, 2.24) is 18.9 Å². The summed E-state index contributed by atoms with van der Waals surface area (Å²) in [4.78, 5) is 10.9. The highest BCUT2D eigenvalue weighted by atomic mass is 16.3. The molecule has 0 saturated carbocycles. The van der Waals surface area contributed by atoms with Gasteiger partial charge in [0.1, 0.15) is 5.58 Å². The molecule has 5 nitrogen and oxygen atoms in total. The standard InChI is InChI=1S/C50H28N4O/c1-2-12-29(13-3-1)32-24-25-42-37(27-32)39-28-38-34-16-6-9-19-40(34)53-41-20-10-7-17-35(41)45(47(38)53)48(39)54(42)50-51-46(33-23-22-30-14-4-5-15-31(30)26-33)44-36-18-8-11-21-43(36)55-49(44)52-50/h1-28H. The van der Waals surface area contributed by atoms with Gasteiger partial charge in [0, 0.05) is 43.3 Å². The van der Waals surface area contributed by atoms with Gasteiger partial charge in [-0.25, -0.2) is 4.98 Å². The van der Waals surface area contributed by atoms with Crippen molar-refractivity contribution < 1.29 is 4.42 Å². The van der Waals surface area contributed by atoms with Gasteiger partial charge in [-0.15, -0.1) is 0 Å². The fraction of sp³-hybridized carbons (Fsp3) is 0. The van der Waals surface area contributed by atoms with Gasteiger partial charge >= 0.3 is 0 Å². The number of hydrogen-bond acceptors (Lipinski definition) is 3. The SMILES string of the molecule is c1ccc(-c2ccc3c(c2)c2cc4c5ccccc5n5c6ccccc6c(c2n3-c2nc(-c3ccc6ccccc6c3)c3c(n2)oc2ccccc23)c45)cc1. The molecule has 5 aromatic heterocycles. The Hall–Kier alpha value is -7.50. The molecule has 0 fully saturated rings. The van der Waals surface area contributed by atoms with Crippen molar-refractivity contribution in [3.63, 3.8) is 0 Å². The molecular weight excluding hydrogens is 673 g/mol. The van der Waals surface area contributed by atoms with Gasteiger partial charge in [-0.05, 0) is 64.4 Å². The van der Waals surface area contributed by atoms with E-state index in [1.165, 1.54) is 49.0 Å². The molecule has 8 aromatic carbocycles. The third kappa shape index (κ3) is 3.86. The van der Waals surface area contributed by atoms with Crippen molar-refractivity contribution in [3.05, 3.63) is 170 Å². The Morgan fingerprint density at radius 1 is 0.400 bits per heavy atom. The summed E-state index contributed by atoms with van der Waals surface area (Å²) in [7, 11) is 0. The zero-order valence-corrected chi connectivity index (χ0v) is 29.4. The molecule has 13 aromatic rings. The highest BCUT2D eigenvalue weighted by Crippen LogP contribution is 2.47. The van der Waals surface area contributed by atoms with E-state index >= 15 is 0 Å². The van der Waals surface area contributed by atoms with E-state index in [-0.39, 0.29) is 0 Å². The average molecular weight is 701 g/mol. The average Bonchev–Trinajstić information content (AvgIpc) is 3.98. The Morgan fingerprint density at radius 2 is 1.09 bits per heavy atom. The van der Waals surface area contributed by atoms with E-state index in [2.05, 4.69) is 167 Å². The monoisotopic (exact) mass is 700 g/mol. The summed E-state index contributed by atoms with van der Waals surface area (Å²) >= 11 is 0. The molecule has 0 aliphatic rings. The lowest BCUT2D eigenvalue weighted by Gasteiger charge is -2.11. The highest BCUT2D eigenvalue weighted by molar-refractivity contribution is 6.34. The van der Waals surface area contributed by atoms with E-state index in [4.69, 9.17) is 14.4 Å². The Morgan fingerprint density at radius 3 is 1.96 bits per heavy atom. The second-order valence-electron chi connectivity index (χ2n) is 14.6. The van der Waals surface area contributed by atoms with E-state index in [0.29, 0.717) is 11.7 Å². The lowest BCUT2D eigenvalue weighted by atomic mass is 10.0. The fourth-order valence-corrected chi connectivity index (χ4v) is 9.28. The summed E-state index contributed by atoms with van der Waals surface area (Å²) < 4.78 is 11.3. The van der Waals surface area contributed by atoms with Crippen LogP contribution in [0.15, 0.2) is 174 Å². The Kier molecular flexibility index (Phi) is 5.57. The highest BCUT2D eigenvalue weighted by Gasteiger charge is 2.27. The Bertz CT molecular complexity index is 3720. The maximum Gasteiger partial charge on any atom is 0.238 e. The first-order valence-corrected chi connectivity index (χ1v) is 18.7. The Labute approximate surface area is 313 Å². The molecule has 0 atom stereocenters. The molecule has 0 N–H and O–H groups in total. The van der Waals surface area contributed by atoms with Crippen LogP contribution in [0.4, 0.5) is 0 Å². The molecule has 254 valence electrons. The summed E-state index contributed by atoms with van der Waals surface area (Å²) in [6.07, 6.45) is 0. The minimum atomic E-state index is 0.567. The van der Waals surface area contributed by atoms with E-state index in [1.54, 1.807) is 0 Å². The zero-order chi connectivity index (χ0) is 35.8. The summed E-state index contributed by atoms with van der Waals surface area (Å²) in [6, 6.07) is 60.6. The minimum absolute atomic E-state index is 0.567. The summed E-state index contributed by atoms with van der Waals surface area (Å²) in [5.41, 5.74) is 11.3. The fourth-order valence-electron chi connectivity index (χ4n) is 9.28. The van der Waals surface area contributed by atoms with Crippen LogP contribution in [0.3, 0.4) is 0 Å². The summed E-state index contributed by atoms with van der Waals surface area (Å²) in [6.45, 7) is 0. The molecule has 0 aliphatic heterocycles. The zero-order valence-electron chi connectivity index (χ0n) is 29.4. The van der Waals surface area contributed by atoms with Gasteiger partial charge < -0.3 is 8.82 Å². The molecule has 5 heterocycles. The van der Waals surface area contributed by atoms with Crippen LogP contribution < -0.4 is 0 Å². The topological polar surface area (TPSA) is 48.3 Å². The maximum atomic E-state index is 6.61. The van der Waals surface area contributed by atoms with E-state index in [1.807, 2.05) is 12.1 Å². The summed E-state index contributed by atoms with van der Waals surface area (Å²) in [5, 5.41) is 11.4. The first-order valence-electron chi connectivity index (χ1n) is 18.7. The van der Waals surface area contributed by atoms with Crippen molar-refractivity contribution >= 4 is 92.7 Å². The van der Waals surface area contributed by atoms with Gasteiger partial charge in [-0.3, -0.25) is 4.57 Å². The molecule has 0 spiro atoms. The number of para-hydroxylation sites is 3. The molecule has 0 bridgehead atoms. The van der Waals surface area contributed by atoms with Crippen LogP contribution >= 0.6 is 0 Å². The van der Waals surface area contributed by atoms with Crippen molar-refractivity contribution in [3.8, 4) is 28.3 Å². The van der Waals surface area contributed by atoms with Gasteiger partial charge in [0.2, 0.25) is 11.7 Å². The van der Waals surface area contributed by atoms with Crippen LogP contribution in [-0.2, 0) is 0 Å². The van der Waals surface area contributed by atoms with E-state index < -0.39 is 0 Å². The quantitative estimate of drug-likeness (QED) is 0.184. The Balaban J connectivity index is 1.23. The minimum Gasteiger partial charge on any atom is -0.437 e. The smallest absolute Gasteiger partial charge is 0.238 e. The van der Waals surface area contributed by atoms with Crippen molar-refractivity contribution in [2.75, 3.05) is 0 Å². The van der Waals surface area contributed by atoms with Crippen molar-refractivity contribution in [2.24, 2.45) is 0 Å². The number of benzene rings is 8. The second kappa shape index (κ2) is 10.6. The predicted molar refractivity (Wildman–Crippen MR) is 227 cm³/mol. The normalized spacial score (nSPS) is 12.4. The van der Waals surface area contributed by atoms with Crippen molar-refractivity contribution in [1.29, 1.82) is 0 Å². The van der Waals surface area contributed by atoms with Gasteiger partial charge in [0.25, 0.3) is 0 Å². The van der Waals surface area contributed by atoms with Crippen molar-refractivity contribution in [2.45, 2.75) is 0 Å². The van der Waals surface area contributed by atoms with Crippen LogP contribution in [0.25, 0.3) is 121 Å². The lowest BCUT2D eigenvalue weighted by molar-refractivity contribution is 0.651. The van der Waals surface area contributed by atoms with Crippen LogP contribution in [0.1, 0.15) is 0 Å². The second-order valence-corrected chi connectivity index (χ2v) is 14.6. The molecule has 13 rings (SSSR count). The molecule has 0 amide bonds. The third-order valence-electron chi connectivity index (χ3n) is 11.7. The number of fused-ring (bicyclic) bond motifs is 14. The molecule has 0 saturated heterocycles. The van der Waals surface area contributed by atoms with Crippen LogP contribution in [0.5, 0.6) is 0 Å². The largest absolute Gasteiger partial charge is 0.437 e. The van der Waals surface area contributed by atoms with Gasteiger partial charge in [-0.1, -0.05) is 127 Å². The molecule has 55 heavy (non-hydrogen) atoms. The summed E-state index contributed by atoms with van der Waals surface area (Å²) in [5.74, 6) is 0.574. The molecule has 0 aliphatic carbocycles. The van der Waals surface area contributed by atoms with Gasteiger partial charge in [0.15, 0.2) is 0 Å². The molecular formula is C50H28N4O. The number of nitrogens with zero attached hydrogens (tertiary/aromatic N) is 4. The lowest BCUT2D eigenvalue weighted by Crippen LogP contribution is -2.03. The van der Waals surface area contributed by atoms with Gasteiger partial charge in [0.05, 0.1) is 38.7 Å². The van der Waals surface area contributed by atoms with E-state index in [9.17, 15) is 0 Å². The maximum absolute atomic E-state index is 6.61. The molecule has 5 heteroatoms. The van der Waals surface area contributed by atoms with Crippen LogP contribution in [0, 0.1) is 0 Å². The molecule has 0 radical (unpaired) electrons. The first kappa shape index (κ1) is 29.0. The predicted octanol–water partition coefficient (Wildman–Crippen LogP) is 13.1. The first-order chi connectivity index (χ1) is 27.3. The van der Waals surface area contributed by atoms with E-state index in [0.717, 1.165) is 60.4 Å².